The van der Waals surface area contributed by atoms with Gasteiger partial charge in [0.25, 0.3) is 0 Å². The summed E-state index contributed by atoms with van der Waals surface area (Å²) in [5, 5.41) is 5.80. The summed E-state index contributed by atoms with van der Waals surface area (Å²) in [6, 6.07) is -0.305. The molecule has 7 nitrogen and oxygen atoms in total. The van der Waals surface area contributed by atoms with E-state index in [-0.39, 0.29) is 11.9 Å². The van der Waals surface area contributed by atoms with Crippen molar-refractivity contribution in [2.24, 2.45) is 0 Å². The summed E-state index contributed by atoms with van der Waals surface area (Å²) in [7, 11) is -1.56. The van der Waals surface area contributed by atoms with Crippen LogP contribution in [0.5, 0.6) is 0 Å². The number of nitrogens with one attached hydrogen (secondary N) is 2. The maximum atomic E-state index is 11.6. The van der Waals surface area contributed by atoms with Gasteiger partial charge in [-0.3, -0.25) is 4.79 Å². The van der Waals surface area contributed by atoms with E-state index in [9.17, 15) is 13.2 Å². The lowest BCUT2D eigenvalue weighted by Crippen LogP contribution is -2.44. The fourth-order valence-electron chi connectivity index (χ4n) is 1.65. The van der Waals surface area contributed by atoms with Crippen LogP contribution in [0.2, 0.25) is 0 Å². The van der Waals surface area contributed by atoms with Gasteiger partial charge in [0, 0.05) is 26.7 Å². The average molecular weight is 309 g/mol. The van der Waals surface area contributed by atoms with Crippen LogP contribution in [-0.2, 0) is 19.6 Å². The lowest BCUT2D eigenvalue weighted by molar-refractivity contribution is -0.122. The molecule has 1 amide bonds. The van der Waals surface area contributed by atoms with Crippen molar-refractivity contribution in [2.45, 2.75) is 26.3 Å². The third kappa shape index (κ3) is 8.47. The first-order chi connectivity index (χ1) is 9.32. The molecule has 0 aliphatic carbocycles. The molecule has 0 spiro atoms. The van der Waals surface area contributed by atoms with Gasteiger partial charge in [-0.25, -0.2) is 12.7 Å². The Balaban J connectivity index is 3.86. The molecule has 0 fully saturated rings. The van der Waals surface area contributed by atoms with Gasteiger partial charge in [-0.15, -0.1) is 0 Å². The topological polar surface area (TPSA) is 87.7 Å². The molecule has 1 atom stereocenters. The van der Waals surface area contributed by atoms with E-state index in [1.165, 1.54) is 10.6 Å². The monoisotopic (exact) mass is 309 g/mol. The van der Waals surface area contributed by atoms with Crippen LogP contribution in [0, 0.1) is 0 Å². The Morgan fingerprint density at radius 3 is 2.50 bits per heavy atom. The lowest BCUT2D eigenvalue weighted by atomic mass is 10.3. The molecule has 0 aliphatic rings. The van der Waals surface area contributed by atoms with Crippen LogP contribution in [0.3, 0.4) is 0 Å². The number of carbonyl (C=O) groups excluding carboxylic acids is 1. The van der Waals surface area contributed by atoms with Crippen molar-refractivity contribution in [1.29, 1.82) is 0 Å². The van der Waals surface area contributed by atoms with Crippen LogP contribution in [0.15, 0.2) is 0 Å². The Labute approximate surface area is 122 Å². The highest BCUT2D eigenvalue weighted by atomic mass is 32.2. The van der Waals surface area contributed by atoms with Gasteiger partial charge in [-0.05, 0) is 19.9 Å². The first-order valence-corrected chi connectivity index (χ1v) is 8.62. The maximum absolute atomic E-state index is 11.6. The number of nitrogens with zero attached hydrogens (tertiary/aromatic N) is 1. The molecular weight excluding hydrogens is 282 g/mol. The number of carbonyl (C=O) groups is 1. The molecule has 0 radical (unpaired) electrons. The van der Waals surface area contributed by atoms with Gasteiger partial charge >= 0.3 is 0 Å². The van der Waals surface area contributed by atoms with Gasteiger partial charge in [0.1, 0.15) is 0 Å². The fourth-order valence-corrected chi connectivity index (χ4v) is 2.58. The average Bonchev–Trinajstić information content (AvgIpc) is 2.37. The van der Waals surface area contributed by atoms with Crippen LogP contribution in [0.4, 0.5) is 0 Å². The summed E-state index contributed by atoms with van der Waals surface area (Å²) in [4.78, 5) is 11.6. The SMILES string of the molecule is CCN(CCCNC(C)C(=O)NCCOC)S(C)(=O)=O. The fraction of sp³-hybridized carbons (Fsp3) is 0.917. The molecule has 20 heavy (non-hydrogen) atoms. The molecular formula is C12H27N3O4S. The Morgan fingerprint density at radius 1 is 1.35 bits per heavy atom. The molecule has 0 bridgehead atoms. The zero-order chi connectivity index (χ0) is 15.6. The van der Waals surface area contributed by atoms with E-state index in [0.29, 0.717) is 39.2 Å². The van der Waals surface area contributed by atoms with Crippen LogP contribution in [-0.4, -0.2) is 70.8 Å². The number of hydrogen-bond acceptors (Lipinski definition) is 5. The minimum atomic E-state index is -3.13. The van der Waals surface area contributed by atoms with Gasteiger partial charge in [0.15, 0.2) is 0 Å². The second kappa shape index (κ2) is 10.1. The van der Waals surface area contributed by atoms with E-state index < -0.39 is 10.0 Å². The summed E-state index contributed by atoms with van der Waals surface area (Å²) in [6.45, 7) is 6.06. The molecule has 0 aliphatic heterocycles. The highest BCUT2D eigenvalue weighted by Gasteiger charge is 2.14. The number of amides is 1. The Kier molecular flexibility index (Phi) is 9.74. The minimum Gasteiger partial charge on any atom is -0.383 e. The summed E-state index contributed by atoms with van der Waals surface area (Å²) in [5.41, 5.74) is 0. The van der Waals surface area contributed by atoms with Crippen molar-refractivity contribution >= 4 is 15.9 Å². The highest BCUT2D eigenvalue weighted by Crippen LogP contribution is 1.98. The molecule has 0 heterocycles. The first-order valence-electron chi connectivity index (χ1n) is 6.78. The van der Waals surface area contributed by atoms with E-state index >= 15 is 0 Å². The second-order valence-electron chi connectivity index (χ2n) is 4.57. The van der Waals surface area contributed by atoms with Crippen LogP contribution >= 0.6 is 0 Å². The Hall–Kier alpha value is -0.700. The van der Waals surface area contributed by atoms with Crippen molar-refractivity contribution < 1.29 is 17.9 Å². The zero-order valence-corrected chi connectivity index (χ0v) is 13.6. The molecule has 2 N–H and O–H groups in total. The largest absolute Gasteiger partial charge is 0.383 e. The third-order valence-electron chi connectivity index (χ3n) is 2.86. The van der Waals surface area contributed by atoms with E-state index in [1.807, 2.05) is 0 Å². The molecule has 0 aromatic heterocycles. The van der Waals surface area contributed by atoms with Crippen LogP contribution < -0.4 is 10.6 Å². The minimum absolute atomic E-state index is 0.0856. The number of rotatable bonds is 11. The first kappa shape index (κ1) is 19.3. The van der Waals surface area contributed by atoms with Crippen molar-refractivity contribution in [3.8, 4) is 0 Å². The molecule has 0 aromatic rings. The van der Waals surface area contributed by atoms with Crippen molar-refractivity contribution in [3.63, 3.8) is 0 Å². The van der Waals surface area contributed by atoms with Crippen molar-refractivity contribution in [3.05, 3.63) is 0 Å². The summed E-state index contributed by atoms with van der Waals surface area (Å²) < 4.78 is 29.0. The lowest BCUT2D eigenvalue weighted by Gasteiger charge is -2.18. The predicted molar refractivity (Wildman–Crippen MR) is 79.1 cm³/mol. The maximum Gasteiger partial charge on any atom is 0.236 e. The molecule has 0 aromatic carbocycles. The highest BCUT2D eigenvalue weighted by molar-refractivity contribution is 7.88. The smallest absolute Gasteiger partial charge is 0.236 e. The molecule has 1 unspecified atom stereocenters. The van der Waals surface area contributed by atoms with Gasteiger partial charge in [-0.1, -0.05) is 6.92 Å². The van der Waals surface area contributed by atoms with E-state index in [2.05, 4.69) is 10.6 Å². The van der Waals surface area contributed by atoms with Gasteiger partial charge in [-0.2, -0.15) is 0 Å². The van der Waals surface area contributed by atoms with Gasteiger partial charge in [0.2, 0.25) is 15.9 Å². The molecule has 0 saturated carbocycles. The molecule has 120 valence electrons. The summed E-state index contributed by atoms with van der Waals surface area (Å²) >= 11 is 0. The number of hydrogen-bond donors (Lipinski definition) is 2. The van der Waals surface area contributed by atoms with E-state index in [4.69, 9.17) is 4.74 Å². The van der Waals surface area contributed by atoms with Gasteiger partial charge in [0.05, 0.1) is 18.9 Å². The normalized spacial score (nSPS) is 13.4. The Bertz CT molecular complexity index is 373. The Morgan fingerprint density at radius 2 is 2.00 bits per heavy atom. The second-order valence-corrected chi connectivity index (χ2v) is 6.55. The molecule has 0 rings (SSSR count). The number of methoxy groups -OCH3 is 1. The van der Waals surface area contributed by atoms with Crippen molar-refractivity contribution in [2.75, 3.05) is 46.2 Å². The molecule has 8 heteroatoms. The standard InChI is InChI=1S/C12H27N3O4S/c1-5-15(20(4,17)18)9-6-7-13-11(2)12(16)14-8-10-19-3/h11,13H,5-10H2,1-4H3,(H,14,16). The zero-order valence-electron chi connectivity index (χ0n) is 12.8. The van der Waals surface area contributed by atoms with Crippen LogP contribution in [0.1, 0.15) is 20.3 Å². The predicted octanol–water partition coefficient (Wildman–Crippen LogP) is -0.601. The number of sulfonamides is 1. The van der Waals surface area contributed by atoms with E-state index in [1.54, 1.807) is 21.0 Å². The molecule has 0 saturated heterocycles. The van der Waals surface area contributed by atoms with Crippen molar-refractivity contribution in [1.82, 2.24) is 14.9 Å². The summed E-state index contributed by atoms with van der Waals surface area (Å²) in [5.74, 6) is -0.0856. The van der Waals surface area contributed by atoms with Gasteiger partial charge < -0.3 is 15.4 Å². The number of ether oxygens (including phenoxy) is 1. The summed E-state index contributed by atoms with van der Waals surface area (Å²) in [6.07, 6.45) is 1.87. The quantitative estimate of drug-likeness (QED) is 0.498. The van der Waals surface area contributed by atoms with E-state index in [0.717, 1.165) is 0 Å². The van der Waals surface area contributed by atoms with Crippen LogP contribution in [0.25, 0.3) is 0 Å². The third-order valence-corrected chi connectivity index (χ3v) is 4.23.